The first-order valence-electron chi connectivity index (χ1n) is 6.42. The van der Waals surface area contributed by atoms with Crippen molar-refractivity contribution in [3.8, 4) is 0 Å². The van der Waals surface area contributed by atoms with Crippen molar-refractivity contribution in [2.45, 2.75) is 46.0 Å². The molecule has 0 aromatic rings. The van der Waals surface area contributed by atoms with Crippen LogP contribution in [0.4, 0.5) is 0 Å². The molecule has 2 aliphatic rings. The molecular weight excluding hydrogens is 216 g/mol. The smallest absolute Gasteiger partial charge is 0.0733 e. The van der Waals surface area contributed by atoms with E-state index in [-0.39, 0.29) is 0 Å². The lowest BCUT2D eigenvalue weighted by atomic mass is 9.82. The Hall–Kier alpha value is -0.150. The van der Waals surface area contributed by atoms with Gasteiger partial charge in [-0.25, -0.2) is 0 Å². The van der Waals surface area contributed by atoms with Gasteiger partial charge < -0.3 is 10.6 Å². The van der Waals surface area contributed by atoms with Crippen LogP contribution >= 0.6 is 12.2 Å². The van der Waals surface area contributed by atoms with Gasteiger partial charge in [0.2, 0.25) is 0 Å². The molecule has 1 saturated carbocycles. The van der Waals surface area contributed by atoms with E-state index in [1.807, 2.05) is 0 Å². The summed E-state index contributed by atoms with van der Waals surface area (Å²) in [6.45, 7) is 8.50. The summed E-state index contributed by atoms with van der Waals surface area (Å²) in [5.41, 5.74) is 6.70. The summed E-state index contributed by atoms with van der Waals surface area (Å²) < 4.78 is 0. The van der Waals surface area contributed by atoms with E-state index in [4.69, 9.17) is 18.0 Å². The molecule has 0 atom stereocenters. The average molecular weight is 240 g/mol. The molecule has 0 bridgehead atoms. The van der Waals surface area contributed by atoms with Crippen molar-refractivity contribution in [2.75, 3.05) is 19.6 Å². The molecule has 3 heteroatoms. The van der Waals surface area contributed by atoms with Gasteiger partial charge in [0.25, 0.3) is 0 Å². The minimum Gasteiger partial charge on any atom is -0.393 e. The molecular formula is C13H24N2S. The molecule has 0 amide bonds. The van der Waals surface area contributed by atoms with Crippen molar-refractivity contribution in [3.05, 3.63) is 0 Å². The summed E-state index contributed by atoms with van der Waals surface area (Å²) in [5, 5.41) is 0. The number of hydrogen-bond acceptors (Lipinski definition) is 2. The highest BCUT2D eigenvalue weighted by Crippen LogP contribution is 2.50. The van der Waals surface area contributed by atoms with E-state index in [0.29, 0.717) is 15.8 Å². The van der Waals surface area contributed by atoms with Crippen LogP contribution in [0.5, 0.6) is 0 Å². The molecule has 0 aromatic carbocycles. The van der Waals surface area contributed by atoms with E-state index in [0.717, 1.165) is 6.42 Å². The molecule has 16 heavy (non-hydrogen) atoms. The Morgan fingerprint density at radius 1 is 1.19 bits per heavy atom. The highest BCUT2D eigenvalue weighted by atomic mass is 32.1. The molecule has 92 valence electrons. The van der Waals surface area contributed by atoms with Crippen LogP contribution in [-0.2, 0) is 0 Å². The molecule has 1 heterocycles. The first-order valence-corrected chi connectivity index (χ1v) is 6.82. The fraction of sp³-hybridized carbons (Fsp3) is 0.923. The second-order valence-corrected chi connectivity index (χ2v) is 7.11. The van der Waals surface area contributed by atoms with E-state index in [9.17, 15) is 0 Å². The summed E-state index contributed by atoms with van der Waals surface area (Å²) in [6.07, 6.45) is 6.27. The molecule has 0 aromatic heterocycles. The molecule has 0 radical (unpaired) electrons. The Kier molecular flexibility index (Phi) is 3.28. The highest BCUT2D eigenvalue weighted by molar-refractivity contribution is 7.80. The van der Waals surface area contributed by atoms with Crippen LogP contribution in [0.3, 0.4) is 0 Å². The summed E-state index contributed by atoms with van der Waals surface area (Å²) >= 11 is 5.05. The fourth-order valence-electron chi connectivity index (χ4n) is 2.73. The number of thiocarbonyl (C=S) groups is 1. The van der Waals surface area contributed by atoms with Crippen molar-refractivity contribution in [3.63, 3.8) is 0 Å². The lowest BCUT2D eigenvalue weighted by Gasteiger charge is -2.38. The molecule has 2 rings (SSSR count). The van der Waals surface area contributed by atoms with Crippen molar-refractivity contribution in [2.24, 2.45) is 16.6 Å². The number of rotatable bonds is 4. The Bertz CT molecular complexity index is 272. The molecule has 1 saturated heterocycles. The first kappa shape index (κ1) is 12.3. The van der Waals surface area contributed by atoms with Crippen molar-refractivity contribution in [1.82, 2.24) is 4.90 Å². The monoisotopic (exact) mass is 240 g/mol. The number of nitrogens with two attached hydrogens (primary N) is 1. The van der Waals surface area contributed by atoms with Crippen LogP contribution in [0.25, 0.3) is 0 Å². The van der Waals surface area contributed by atoms with Crippen molar-refractivity contribution in [1.29, 1.82) is 0 Å². The third-order valence-electron chi connectivity index (χ3n) is 4.27. The number of nitrogens with zero attached hydrogens (tertiary/aromatic N) is 1. The lowest BCUT2D eigenvalue weighted by Crippen LogP contribution is -2.41. The van der Waals surface area contributed by atoms with Gasteiger partial charge in [0.05, 0.1) is 4.99 Å². The molecule has 1 aliphatic heterocycles. The molecule has 1 aliphatic carbocycles. The molecule has 0 spiro atoms. The van der Waals surface area contributed by atoms with E-state index >= 15 is 0 Å². The quantitative estimate of drug-likeness (QED) is 0.766. The first-order chi connectivity index (χ1) is 7.41. The van der Waals surface area contributed by atoms with Crippen LogP contribution in [0.2, 0.25) is 0 Å². The predicted octanol–water partition coefficient (Wildman–Crippen LogP) is 2.56. The normalized spacial score (nSPS) is 27.6. The van der Waals surface area contributed by atoms with Gasteiger partial charge in [-0.2, -0.15) is 0 Å². The highest BCUT2D eigenvalue weighted by Gasteiger charge is 2.44. The largest absolute Gasteiger partial charge is 0.393 e. The van der Waals surface area contributed by atoms with Gasteiger partial charge >= 0.3 is 0 Å². The van der Waals surface area contributed by atoms with Gasteiger partial charge in [-0.1, -0.05) is 26.1 Å². The lowest BCUT2D eigenvalue weighted by molar-refractivity contribution is 0.113. The average Bonchev–Trinajstić information content (AvgIpc) is 2.88. The topological polar surface area (TPSA) is 29.3 Å². The van der Waals surface area contributed by atoms with Crippen LogP contribution in [0.1, 0.15) is 46.0 Å². The zero-order valence-electron chi connectivity index (χ0n) is 10.6. The van der Waals surface area contributed by atoms with E-state index in [1.54, 1.807) is 0 Å². The molecule has 2 N–H and O–H groups in total. The minimum atomic E-state index is 0.466. The third-order valence-corrected chi connectivity index (χ3v) is 4.42. The molecule has 0 unspecified atom stereocenters. The Labute approximate surface area is 105 Å². The van der Waals surface area contributed by atoms with Gasteiger partial charge in [-0.15, -0.1) is 0 Å². The minimum absolute atomic E-state index is 0.466. The number of piperidine rings is 1. The van der Waals surface area contributed by atoms with Crippen molar-refractivity contribution < 1.29 is 0 Å². The van der Waals surface area contributed by atoms with Crippen LogP contribution < -0.4 is 5.73 Å². The summed E-state index contributed by atoms with van der Waals surface area (Å²) in [7, 11) is 0. The van der Waals surface area contributed by atoms with Gasteiger partial charge in [0.15, 0.2) is 0 Å². The van der Waals surface area contributed by atoms with Gasteiger partial charge in [-0.05, 0) is 49.6 Å². The summed E-state index contributed by atoms with van der Waals surface area (Å²) in [4.78, 5) is 3.33. The second kappa shape index (κ2) is 4.26. The fourth-order valence-corrected chi connectivity index (χ4v) is 3.03. The Balaban J connectivity index is 1.81. The van der Waals surface area contributed by atoms with Gasteiger partial charge in [0, 0.05) is 13.0 Å². The maximum atomic E-state index is 5.68. The Morgan fingerprint density at radius 2 is 1.75 bits per heavy atom. The van der Waals surface area contributed by atoms with Crippen LogP contribution in [-0.4, -0.2) is 29.5 Å². The SMILES string of the molecule is CC1(C)CCN(CC2(CC(N)=S)CC2)CC1. The van der Waals surface area contributed by atoms with Crippen LogP contribution in [0.15, 0.2) is 0 Å². The van der Waals surface area contributed by atoms with Crippen molar-refractivity contribution >= 4 is 17.2 Å². The standard InChI is InChI=1S/C13H24N2S/c1-12(2)5-7-15(8-6-12)10-13(3-4-13)9-11(14)16/h3-10H2,1-2H3,(H2,14,16). The summed E-state index contributed by atoms with van der Waals surface area (Å²) in [6, 6.07) is 0. The van der Waals surface area contributed by atoms with E-state index in [2.05, 4.69) is 18.7 Å². The zero-order valence-corrected chi connectivity index (χ0v) is 11.4. The maximum Gasteiger partial charge on any atom is 0.0733 e. The van der Waals surface area contributed by atoms with Gasteiger partial charge in [-0.3, -0.25) is 0 Å². The third kappa shape index (κ3) is 3.17. The predicted molar refractivity (Wildman–Crippen MR) is 72.5 cm³/mol. The van der Waals surface area contributed by atoms with Crippen LogP contribution in [0, 0.1) is 10.8 Å². The molecule has 2 nitrogen and oxygen atoms in total. The maximum absolute atomic E-state index is 5.68. The number of hydrogen-bond donors (Lipinski definition) is 1. The van der Waals surface area contributed by atoms with E-state index in [1.165, 1.54) is 45.3 Å². The second-order valence-electron chi connectivity index (χ2n) is 6.58. The zero-order chi connectivity index (χ0) is 11.8. The molecule has 2 fully saturated rings. The van der Waals surface area contributed by atoms with Gasteiger partial charge in [0.1, 0.15) is 0 Å². The van der Waals surface area contributed by atoms with E-state index < -0.39 is 0 Å². The number of likely N-dealkylation sites (tertiary alicyclic amines) is 1. The Morgan fingerprint density at radius 3 is 2.19 bits per heavy atom. The summed E-state index contributed by atoms with van der Waals surface area (Å²) in [5.74, 6) is 0.